The average Bonchev–Trinajstić information content (AvgIpc) is 3.43. The lowest BCUT2D eigenvalue weighted by Gasteiger charge is -2.30. The molecule has 8 nitrogen and oxygen atoms in total. The fraction of sp³-hybridized carbons (Fsp3) is 0.379. The topological polar surface area (TPSA) is 91.8 Å². The molecule has 3 aromatic rings. The molecule has 2 heterocycles. The predicted molar refractivity (Wildman–Crippen MR) is 142 cm³/mol. The summed E-state index contributed by atoms with van der Waals surface area (Å²) < 4.78 is 0. The molecule has 8 heteroatoms. The molecule has 1 fully saturated rings. The number of benzene rings is 2. The molecule has 1 saturated heterocycles. The lowest BCUT2D eigenvalue weighted by Crippen LogP contribution is -2.47. The van der Waals surface area contributed by atoms with Gasteiger partial charge in [-0.15, -0.1) is 0 Å². The summed E-state index contributed by atoms with van der Waals surface area (Å²) in [6.07, 6.45) is 6.00. The van der Waals surface area contributed by atoms with E-state index in [4.69, 9.17) is 4.84 Å². The zero-order valence-corrected chi connectivity index (χ0v) is 21.2. The summed E-state index contributed by atoms with van der Waals surface area (Å²) >= 11 is 0. The first-order valence-electron chi connectivity index (χ1n) is 12.9. The van der Waals surface area contributed by atoms with Crippen molar-refractivity contribution in [3.63, 3.8) is 0 Å². The minimum absolute atomic E-state index is 0.118. The maximum atomic E-state index is 13.7. The van der Waals surface area contributed by atoms with Gasteiger partial charge in [-0.05, 0) is 36.3 Å². The number of fused-ring (bicyclic) bond motifs is 1. The zero-order chi connectivity index (χ0) is 26.0. The molecular weight excluding hydrogens is 468 g/mol. The van der Waals surface area contributed by atoms with Crippen molar-refractivity contribution in [2.45, 2.75) is 51.7 Å². The van der Waals surface area contributed by atoms with E-state index in [1.807, 2.05) is 60.7 Å². The molecule has 0 aliphatic carbocycles. The number of hydrogen-bond donors (Lipinski definition) is 1. The summed E-state index contributed by atoms with van der Waals surface area (Å²) in [5.74, 6) is -0.319. The quantitative estimate of drug-likeness (QED) is 0.290. The molecule has 1 N–H and O–H groups in total. The van der Waals surface area contributed by atoms with Gasteiger partial charge in [-0.2, -0.15) is 0 Å². The van der Waals surface area contributed by atoms with Gasteiger partial charge in [-0.25, -0.2) is 10.0 Å². The van der Waals surface area contributed by atoms with E-state index in [1.165, 1.54) is 5.06 Å². The number of unbranched alkanes of at least 4 members (excludes halogenated alkanes) is 1. The van der Waals surface area contributed by atoms with E-state index in [9.17, 15) is 14.4 Å². The second kappa shape index (κ2) is 13.0. The summed E-state index contributed by atoms with van der Waals surface area (Å²) in [7, 11) is 0. The number of likely N-dealkylation sites (tertiary alicyclic amines) is 1. The molecular formula is C29H34N4O4. The van der Waals surface area contributed by atoms with Crippen LogP contribution in [0.2, 0.25) is 0 Å². The van der Waals surface area contributed by atoms with Gasteiger partial charge in [0.05, 0.1) is 12.5 Å². The van der Waals surface area contributed by atoms with Crippen LogP contribution >= 0.6 is 0 Å². The van der Waals surface area contributed by atoms with Crippen molar-refractivity contribution in [2.75, 3.05) is 18.4 Å². The third-order valence-corrected chi connectivity index (χ3v) is 6.77. The highest BCUT2D eigenvalue weighted by Gasteiger charge is 2.37. The summed E-state index contributed by atoms with van der Waals surface area (Å²) in [5.41, 5.74) is 0.934. The first kappa shape index (κ1) is 26.3. The number of aromatic nitrogens is 1. The van der Waals surface area contributed by atoms with Gasteiger partial charge < -0.3 is 10.2 Å². The molecule has 0 spiro atoms. The van der Waals surface area contributed by atoms with Gasteiger partial charge in [0, 0.05) is 18.1 Å². The van der Waals surface area contributed by atoms with Crippen molar-refractivity contribution >= 4 is 34.8 Å². The van der Waals surface area contributed by atoms with Gasteiger partial charge in [0.1, 0.15) is 18.5 Å². The maximum Gasteiger partial charge on any atom is 0.248 e. The highest BCUT2D eigenvalue weighted by Crippen LogP contribution is 2.26. The Morgan fingerprint density at radius 1 is 1.16 bits per heavy atom. The Balaban J connectivity index is 1.44. The number of nitrogens with one attached hydrogen (secondary N) is 1. The largest absolute Gasteiger partial charge is 0.330 e. The smallest absolute Gasteiger partial charge is 0.248 e. The van der Waals surface area contributed by atoms with Crippen LogP contribution in [-0.2, 0) is 25.8 Å². The van der Waals surface area contributed by atoms with Crippen molar-refractivity contribution in [1.82, 2.24) is 14.9 Å². The molecule has 0 unspecified atom stereocenters. The number of hydroxylamine groups is 2. The Labute approximate surface area is 217 Å². The number of carbonyl (C=O) groups excluding carboxylic acids is 3. The van der Waals surface area contributed by atoms with E-state index in [-0.39, 0.29) is 25.0 Å². The van der Waals surface area contributed by atoms with Gasteiger partial charge in [0.2, 0.25) is 18.2 Å². The molecule has 2 atom stereocenters. The SMILES string of the molecule is CCCC[C@H](CN(C=O)OCc1ccccc1)C(=O)N1CCC[C@H]1C(=O)Nc1nccc2ccccc12. The summed E-state index contributed by atoms with van der Waals surface area (Å²) in [5, 5.41) is 5.99. The summed E-state index contributed by atoms with van der Waals surface area (Å²) in [6.45, 7) is 2.95. The average molecular weight is 503 g/mol. The summed E-state index contributed by atoms with van der Waals surface area (Å²) in [6, 6.07) is 18.6. The van der Waals surface area contributed by atoms with Gasteiger partial charge in [-0.3, -0.25) is 19.2 Å². The third-order valence-electron chi connectivity index (χ3n) is 6.77. The number of hydrogen-bond acceptors (Lipinski definition) is 5. The second-order valence-corrected chi connectivity index (χ2v) is 9.36. The van der Waals surface area contributed by atoms with Crippen LogP contribution in [0.25, 0.3) is 10.8 Å². The van der Waals surface area contributed by atoms with Crippen LogP contribution in [0, 0.1) is 5.92 Å². The van der Waals surface area contributed by atoms with E-state index in [0.29, 0.717) is 31.6 Å². The molecule has 194 valence electrons. The molecule has 1 aliphatic heterocycles. The number of anilines is 1. The summed E-state index contributed by atoms with van der Waals surface area (Å²) in [4.78, 5) is 50.5. The fourth-order valence-corrected chi connectivity index (χ4v) is 4.78. The van der Waals surface area contributed by atoms with E-state index in [2.05, 4.69) is 17.2 Å². The Kier molecular flexibility index (Phi) is 9.21. The lowest BCUT2D eigenvalue weighted by atomic mass is 9.99. The number of carbonyl (C=O) groups is 3. The monoisotopic (exact) mass is 502 g/mol. The van der Waals surface area contributed by atoms with Crippen LogP contribution in [0.5, 0.6) is 0 Å². The second-order valence-electron chi connectivity index (χ2n) is 9.36. The van der Waals surface area contributed by atoms with E-state index in [1.54, 1.807) is 11.1 Å². The highest BCUT2D eigenvalue weighted by atomic mass is 16.7. The van der Waals surface area contributed by atoms with E-state index >= 15 is 0 Å². The van der Waals surface area contributed by atoms with Crippen LogP contribution in [0.3, 0.4) is 0 Å². The molecule has 37 heavy (non-hydrogen) atoms. The van der Waals surface area contributed by atoms with Crippen molar-refractivity contribution < 1.29 is 19.2 Å². The Bertz CT molecular complexity index is 1200. The minimum Gasteiger partial charge on any atom is -0.330 e. The number of pyridine rings is 1. The van der Waals surface area contributed by atoms with Gasteiger partial charge in [0.15, 0.2) is 0 Å². The number of rotatable bonds is 12. The zero-order valence-electron chi connectivity index (χ0n) is 21.2. The van der Waals surface area contributed by atoms with E-state index < -0.39 is 12.0 Å². The first-order valence-corrected chi connectivity index (χ1v) is 12.9. The molecule has 1 aliphatic rings. The molecule has 2 aromatic carbocycles. The molecule has 4 rings (SSSR count). The van der Waals surface area contributed by atoms with Crippen molar-refractivity contribution in [1.29, 1.82) is 0 Å². The van der Waals surface area contributed by atoms with Gasteiger partial charge >= 0.3 is 0 Å². The van der Waals surface area contributed by atoms with Gasteiger partial charge in [-0.1, -0.05) is 74.4 Å². The van der Waals surface area contributed by atoms with Gasteiger partial charge in [0.25, 0.3) is 0 Å². The molecule has 3 amide bonds. The maximum absolute atomic E-state index is 13.7. The van der Waals surface area contributed by atoms with E-state index in [0.717, 1.165) is 35.6 Å². The molecule has 0 radical (unpaired) electrons. The number of amides is 3. The van der Waals surface area contributed by atoms with Crippen molar-refractivity contribution in [3.05, 3.63) is 72.4 Å². The molecule has 1 aromatic heterocycles. The minimum atomic E-state index is -0.577. The van der Waals surface area contributed by atoms with Crippen LogP contribution in [0.4, 0.5) is 5.82 Å². The van der Waals surface area contributed by atoms with Crippen molar-refractivity contribution in [3.8, 4) is 0 Å². The molecule has 0 bridgehead atoms. The van der Waals surface area contributed by atoms with Crippen LogP contribution < -0.4 is 5.32 Å². The van der Waals surface area contributed by atoms with Crippen LogP contribution in [-0.4, -0.2) is 52.3 Å². The normalized spacial score (nSPS) is 15.9. The Morgan fingerprint density at radius 2 is 1.95 bits per heavy atom. The van der Waals surface area contributed by atoms with Crippen LogP contribution in [0.15, 0.2) is 66.9 Å². The highest BCUT2D eigenvalue weighted by molar-refractivity contribution is 6.03. The Hall–Kier alpha value is -3.78. The predicted octanol–water partition coefficient (Wildman–Crippen LogP) is 4.56. The van der Waals surface area contributed by atoms with Crippen molar-refractivity contribution in [2.24, 2.45) is 5.92 Å². The Morgan fingerprint density at radius 3 is 2.73 bits per heavy atom. The third kappa shape index (κ3) is 6.71. The van der Waals surface area contributed by atoms with Crippen LogP contribution in [0.1, 0.15) is 44.6 Å². The first-order chi connectivity index (χ1) is 18.1. The number of nitrogens with zero attached hydrogens (tertiary/aromatic N) is 3. The molecule has 0 saturated carbocycles. The lowest BCUT2D eigenvalue weighted by molar-refractivity contribution is -0.183. The standard InChI is InChI=1S/C29H34N4O4/c1-2-3-12-24(19-32(21-34)37-20-22-10-5-4-6-11-22)29(36)33-18-9-15-26(33)28(35)31-27-25-14-8-7-13-23(25)16-17-30-27/h4-8,10-11,13-14,16-17,21,24,26H,2-3,9,12,15,18-20H2,1H3,(H,30,31,35)/t24-,26+/m1/s1. The fourth-order valence-electron chi connectivity index (χ4n) is 4.78.